The van der Waals surface area contributed by atoms with Crippen molar-refractivity contribution in [1.29, 1.82) is 0 Å². The van der Waals surface area contributed by atoms with Crippen molar-refractivity contribution in [3.63, 3.8) is 0 Å². The van der Waals surface area contributed by atoms with Crippen molar-refractivity contribution in [3.05, 3.63) is 34.9 Å². The fraction of sp³-hybridized carbons (Fsp3) is 0.125. The number of rotatable bonds is 1. The van der Waals surface area contributed by atoms with Crippen LogP contribution in [0.1, 0.15) is 10.4 Å². The molecule has 1 rings (SSSR count). The molecule has 5 heteroatoms. The molecule has 1 aromatic carbocycles. The fourth-order valence-electron chi connectivity index (χ4n) is 0.765. The van der Waals surface area contributed by atoms with Gasteiger partial charge in [-0.1, -0.05) is 46.4 Å². The van der Waals surface area contributed by atoms with Crippen molar-refractivity contribution in [2.75, 3.05) is 0 Å². The van der Waals surface area contributed by atoms with Gasteiger partial charge in [0.25, 0.3) is 3.79 Å². The van der Waals surface area contributed by atoms with E-state index in [9.17, 15) is 4.79 Å². The first-order valence-corrected chi connectivity index (χ1v) is 4.79. The first-order valence-electron chi connectivity index (χ1n) is 3.28. The molecule has 70 valence electrons. The van der Waals surface area contributed by atoms with Crippen LogP contribution >= 0.6 is 46.4 Å². The second kappa shape index (κ2) is 4.05. The van der Waals surface area contributed by atoms with Gasteiger partial charge in [-0.25, -0.2) is 0 Å². The average molecular weight is 258 g/mol. The van der Waals surface area contributed by atoms with E-state index in [4.69, 9.17) is 46.4 Å². The van der Waals surface area contributed by atoms with E-state index >= 15 is 0 Å². The molecule has 0 unspecified atom stereocenters. The molecule has 0 bridgehead atoms. The highest BCUT2D eigenvalue weighted by molar-refractivity contribution is 6.77. The maximum absolute atomic E-state index is 11.3. The normalized spacial score (nSPS) is 11.4. The molecule has 0 fully saturated rings. The number of hydrogen-bond donors (Lipinski definition) is 0. The van der Waals surface area contributed by atoms with Gasteiger partial charge in [-0.3, -0.25) is 4.79 Å². The Bertz CT molecular complexity index is 312. The summed E-state index contributed by atoms with van der Waals surface area (Å²) in [6.45, 7) is 0. The van der Waals surface area contributed by atoms with Crippen molar-refractivity contribution in [1.82, 2.24) is 0 Å². The van der Waals surface area contributed by atoms with Gasteiger partial charge in [0.05, 0.1) is 0 Å². The second-order valence-electron chi connectivity index (χ2n) is 2.33. The van der Waals surface area contributed by atoms with Gasteiger partial charge < -0.3 is 0 Å². The van der Waals surface area contributed by atoms with Crippen LogP contribution in [0.3, 0.4) is 0 Å². The molecule has 0 spiro atoms. The summed E-state index contributed by atoms with van der Waals surface area (Å²) >= 11 is 21.8. The predicted octanol–water partition coefficient (Wildman–Crippen LogP) is 3.89. The van der Waals surface area contributed by atoms with Crippen molar-refractivity contribution in [3.8, 4) is 0 Å². The molecule has 0 aliphatic carbocycles. The van der Waals surface area contributed by atoms with Gasteiger partial charge in [-0.05, 0) is 24.3 Å². The number of ketones is 1. The Hall–Kier alpha value is 0.0500. The van der Waals surface area contributed by atoms with Crippen LogP contribution in [0.15, 0.2) is 24.3 Å². The molecule has 1 nitrogen and oxygen atoms in total. The molecule has 13 heavy (non-hydrogen) atoms. The fourth-order valence-corrected chi connectivity index (χ4v) is 1.22. The standard InChI is InChI=1S/C8H4Cl4O/c9-6-3-1-5(2-4-6)7(13)8(10,11)12/h1-4H. The quantitative estimate of drug-likeness (QED) is 0.551. The molecule has 0 aromatic heterocycles. The summed E-state index contributed by atoms with van der Waals surface area (Å²) in [6.07, 6.45) is 0. The lowest BCUT2D eigenvalue weighted by molar-refractivity contribution is 0.0996. The van der Waals surface area contributed by atoms with Crippen molar-refractivity contribution in [2.45, 2.75) is 3.79 Å². The van der Waals surface area contributed by atoms with Gasteiger partial charge in [0.2, 0.25) is 5.78 Å². The Morgan fingerprint density at radius 1 is 1.08 bits per heavy atom. The molecule has 0 N–H and O–H groups in total. The average Bonchev–Trinajstić information content (AvgIpc) is 2.03. The van der Waals surface area contributed by atoms with Crippen molar-refractivity contribution >= 4 is 52.2 Å². The maximum atomic E-state index is 11.3. The smallest absolute Gasteiger partial charge is 0.253 e. The minimum atomic E-state index is -1.91. The molecular weight excluding hydrogens is 254 g/mol. The molecule has 0 amide bonds. The van der Waals surface area contributed by atoms with Gasteiger partial charge in [0.15, 0.2) is 0 Å². The van der Waals surface area contributed by atoms with Crippen LogP contribution in [0.2, 0.25) is 5.02 Å². The lowest BCUT2D eigenvalue weighted by Gasteiger charge is -2.08. The van der Waals surface area contributed by atoms with E-state index in [0.717, 1.165) is 0 Å². The third kappa shape index (κ3) is 3.03. The van der Waals surface area contributed by atoms with E-state index in [1.54, 1.807) is 12.1 Å². The van der Waals surface area contributed by atoms with Crippen LogP contribution in [-0.2, 0) is 0 Å². The second-order valence-corrected chi connectivity index (χ2v) is 5.05. The van der Waals surface area contributed by atoms with E-state index < -0.39 is 9.58 Å². The molecule has 0 aliphatic heterocycles. The number of benzene rings is 1. The number of Topliss-reactive ketones (excluding diaryl/α,β-unsaturated/α-hetero) is 1. The van der Waals surface area contributed by atoms with E-state index in [0.29, 0.717) is 10.6 Å². The number of carbonyl (C=O) groups excluding carboxylic acids is 1. The van der Waals surface area contributed by atoms with Crippen LogP contribution in [0.5, 0.6) is 0 Å². The van der Waals surface area contributed by atoms with E-state index in [2.05, 4.69) is 0 Å². The van der Waals surface area contributed by atoms with Crippen molar-refractivity contribution in [2.24, 2.45) is 0 Å². The number of hydrogen-bond acceptors (Lipinski definition) is 1. The topological polar surface area (TPSA) is 17.1 Å². The first-order chi connectivity index (χ1) is 5.91. The highest BCUT2D eigenvalue weighted by atomic mass is 35.6. The highest BCUT2D eigenvalue weighted by Crippen LogP contribution is 2.30. The van der Waals surface area contributed by atoms with Gasteiger partial charge in [-0.15, -0.1) is 0 Å². The molecule has 0 aliphatic rings. The summed E-state index contributed by atoms with van der Waals surface area (Å²) in [5, 5.41) is 0.529. The maximum Gasteiger partial charge on any atom is 0.253 e. The lowest BCUT2D eigenvalue weighted by Crippen LogP contribution is -2.18. The predicted molar refractivity (Wildman–Crippen MR) is 56.1 cm³/mol. The largest absolute Gasteiger partial charge is 0.289 e. The minimum absolute atomic E-state index is 0.324. The summed E-state index contributed by atoms with van der Waals surface area (Å²) in [5.41, 5.74) is 0.324. The van der Waals surface area contributed by atoms with Crippen molar-refractivity contribution < 1.29 is 4.79 Å². The minimum Gasteiger partial charge on any atom is -0.289 e. The summed E-state index contributed by atoms with van der Waals surface area (Å²) in [4.78, 5) is 11.3. The summed E-state index contributed by atoms with van der Waals surface area (Å²) < 4.78 is -1.91. The Morgan fingerprint density at radius 3 is 1.92 bits per heavy atom. The molecule has 0 radical (unpaired) electrons. The van der Waals surface area contributed by atoms with E-state index in [-0.39, 0.29) is 0 Å². The Morgan fingerprint density at radius 2 is 1.54 bits per heavy atom. The lowest BCUT2D eigenvalue weighted by atomic mass is 10.1. The molecule has 0 atom stereocenters. The van der Waals surface area contributed by atoms with Crippen LogP contribution < -0.4 is 0 Å². The molecule has 1 aromatic rings. The van der Waals surface area contributed by atoms with Crippen LogP contribution in [0.25, 0.3) is 0 Å². The van der Waals surface area contributed by atoms with Gasteiger partial charge in [-0.2, -0.15) is 0 Å². The SMILES string of the molecule is O=C(c1ccc(Cl)cc1)C(Cl)(Cl)Cl. The number of halogens is 4. The Labute approximate surface area is 95.5 Å². The van der Waals surface area contributed by atoms with Gasteiger partial charge in [0, 0.05) is 10.6 Å². The third-order valence-corrected chi connectivity index (χ3v) is 2.13. The van der Waals surface area contributed by atoms with Crippen LogP contribution in [0, 0.1) is 0 Å². The van der Waals surface area contributed by atoms with Gasteiger partial charge >= 0.3 is 0 Å². The van der Waals surface area contributed by atoms with E-state index in [1.165, 1.54) is 12.1 Å². The highest BCUT2D eigenvalue weighted by Gasteiger charge is 2.31. The van der Waals surface area contributed by atoms with Crippen LogP contribution in [-0.4, -0.2) is 9.58 Å². The molecular formula is C8H4Cl4O. The zero-order valence-corrected chi connectivity index (χ0v) is 9.25. The summed E-state index contributed by atoms with van der Waals surface area (Å²) in [6, 6.07) is 6.13. The van der Waals surface area contributed by atoms with Crippen LogP contribution in [0.4, 0.5) is 0 Å². The zero-order chi connectivity index (χ0) is 10.1. The summed E-state index contributed by atoms with van der Waals surface area (Å²) in [7, 11) is 0. The molecule has 0 heterocycles. The van der Waals surface area contributed by atoms with E-state index in [1.807, 2.05) is 0 Å². The number of alkyl halides is 3. The Kier molecular flexibility index (Phi) is 3.47. The first kappa shape index (κ1) is 11.1. The number of carbonyl (C=O) groups is 1. The molecule has 0 saturated heterocycles. The Balaban J connectivity index is 2.97. The zero-order valence-electron chi connectivity index (χ0n) is 6.23. The monoisotopic (exact) mass is 256 g/mol. The summed E-state index contributed by atoms with van der Waals surface area (Å²) in [5.74, 6) is -0.561. The van der Waals surface area contributed by atoms with Gasteiger partial charge in [0.1, 0.15) is 0 Å². The molecule has 0 saturated carbocycles. The third-order valence-electron chi connectivity index (χ3n) is 1.36.